The van der Waals surface area contributed by atoms with E-state index in [2.05, 4.69) is 20.3 Å². The molecule has 0 atom stereocenters. The van der Waals surface area contributed by atoms with Crippen LogP contribution in [0.15, 0.2) is 21.7 Å². The summed E-state index contributed by atoms with van der Waals surface area (Å²) in [6, 6.07) is 0. The topological polar surface area (TPSA) is 91.1 Å². The van der Waals surface area contributed by atoms with Crippen molar-refractivity contribution >= 4 is 5.65 Å². The molecule has 0 saturated carbocycles. The average Bonchev–Trinajstić information content (AvgIpc) is 2.89. The summed E-state index contributed by atoms with van der Waals surface area (Å²) in [6.45, 7) is 1.78. The van der Waals surface area contributed by atoms with Gasteiger partial charge in [0.05, 0.1) is 6.20 Å². The van der Waals surface area contributed by atoms with Crippen LogP contribution in [0.25, 0.3) is 17.2 Å². The first kappa shape index (κ1) is 9.70. The van der Waals surface area contributed by atoms with E-state index in [0.717, 1.165) is 4.68 Å². The van der Waals surface area contributed by atoms with E-state index in [1.807, 2.05) is 0 Å². The third-order valence-corrected chi connectivity index (χ3v) is 2.32. The van der Waals surface area contributed by atoms with E-state index < -0.39 is 0 Å². The first-order chi connectivity index (χ1) is 8.16. The number of hydrogen-bond acceptors (Lipinski definition) is 6. The molecule has 17 heavy (non-hydrogen) atoms. The lowest BCUT2D eigenvalue weighted by atomic mass is 10.4. The van der Waals surface area contributed by atoms with Crippen molar-refractivity contribution in [1.29, 1.82) is 0 Å². The van der Waals surface area contributed by atoms with Crippen molar-refractivity contribution in [3.8, 4) is 11.6 Å². The SMILES string of the molecule is Cc1cnc(-c2ncn3c(=O)n(C)nnc23)o1. The highest BCUT2D eigenvalue weighted by atomic mass is 16.4. The number of aromatic nitrogens is 6. The Balaban J connectivity index is 2.33. The second-order valence-corrected chi connectivity index (χ2v) is 3.56. The number of aryl methyl sites for hydroxylation is 2. The third kappa shape index (κ3) is 1.34. The van der Waals surface area contributed by atoms with Gasteiger partial charge in [0.1, 0.15) is 12.1 Å². The summed E-state index contributed by atoms with van der Waals surface area (Å²) in [4.78, 5) is 19.8. The highest BCUT2D eigenvalue weighted by molar-refractivity contribution is 5.66. The molecule has 8 heteroatoms. The number of rotatable bonds is 1. The zero-order chi connectivity index (χ0) is 12.0. The van der Waals surface area contributed by atoms with Gasteiger partial charge in [0, 0.05) is 7.05 Å². The van der Waals surface area contributed by atoms with Crippen molar-refractivity contribution < 1.29 is 4.42 Å². The highest BCUT2D eigenvalue weighted by Gasteiger charge is 2.15. The minimum atomic E-state index is -0.322. The molecule has 86 valence electrons. The largest absolute Gasteiger partial charge is 0.440 e. The fourth-order valence-electron chi connectivity index (χ4n) is 1.50. The van der Waals surface area contributed by atoms with Crippen LogP contribution in [0.1, 0.15) is 5.76 Å². The molecule has 3 heterocycles. The van der Waals surface area contributed by atoms with Crippen LogP contribution in [0.3, 0.4) is 0 Å². The van der Waals surface area contributed by atoms with Gasteiger partial charge in [-0.05, 0) is 6.92 Å². The van der Waals surface area contributed by atoms with E-state index in [0.29, 0.717) is 23.0 Å². The fraction of sp³-hybridized carbons (Fsp3) is 0.222. The summed E-state index contributed by atoms with van der Waals surface area (Å²) in [7, 11) is 1.52. The van der Waals surface area contributed by atoms with E-state index in [1.54, 1.807) is 13.1 Å². The summed E-state index contributed by atoms with van der Waals surface area (Å²) in [5.74, 6) is 0.991. The smallest absolute Gasteiger partial charge is 0.352 e. The van der Waals surface area contributed by atoms with Gasteiger partial charge in [0.15, 0.2) is 11.3 Å². The van der Waals surface area contributed by atoms with Gasteiger partial charge in [-0.15, -0.1) is 5.10 Å². The predicted molar refractivity (Wildman–Crippen MR) is 56.3 cm³/mol. The van der Waals surface area contributed by atoms with Crippen molar-refractivity contribution in [3.63, 3.8) is 0 Å². The van der Waals surface area contributed by atoms with Gasteiger partial charge in [0.25, 0.3) is 0 Å². The molecule has 0 bridgehead atoms. The van der Waals surface area contributed by atoms with Gasteiger partial charge in [0.2, 0.25) is 5.89 Å². The molecule has 0 radical (unpaired) electrons. The zero-order valence-electron chi connectivity index (χ0n) is 9.15. The summed E-state index contributed by atoms with van der Waals surface area (Å²) in [5, 5.41) is 7.60. The summed E-state index contributed by atoms with van der Waals surface area (Å²) < 4.78 is 7.76. The molecule has 0 aliphatic heterocycles. The maximum Gasteiger partial charge on any atom is 0.352 e. The molecule has 3 rings (SSSR count). The molecule has 0 saturated heterocycles. The zero-order valence-corrected chi connectivity index (χ0v) is 9.15. The molecule has 0 N–H and O–H groups in total. The lowest BCUT2D eigenvalue weighted by molar-refractivity contribution is 0.540. The molecular formula is C9H8N6O2. The second-order valence-electron chi connectivity index (χ2n) is 3.56. The van der Waals surface area contributed by atoms with Crippen LogP contribution in [0.5, 0.6) is 0 Å². The number of oxazole rings is 1. The van der Waals surface area contributed by atoms with Gasteiger partial charge in [-0.3, -0.25) is 0 Å². The Bertz CT molecular complexity index is 752. The van der Waals surface area contributed by atoms with Crippen LogP contribution in [0, 0.1) is 6.92 Å². The Kier molecular flexibility index (Phi) is 1.85. The van der Waals surface area contributed by atoms with Crippen molar-refractivity contribution in [2.75, 3.05) is 0 Å². The molecule has 0 aliphatic carbocycles. The standard InChI is InChI=1S/C9H8N6O2/c1-5-3-10-8(17-5)6-7-12-13-14(2)9(16)15(7)4-11-6/h3-4H,1-2H3. The van der Waals surface area contributed by atoms with Gasteiger partial charge in [-0.1, -0.05) is 5.21 Å². The molecule has 3 aromatic rings. The normalized spacial score (nSPS) is 11.2. The van der Waals surface area contributed by atoms with Crippen LogP contribution < -0.4 is 5.69 Å². The third-order valence-electron chi connectivity index (χ3n) is 2.32. The molecule has 3 aromatic heterocycles. The summed E-state index contributed by atoms with van der Waals surface area (Å²) >= 11 is 0. The van der Waals surface area contributed by atoms with Crippen molar-refractivity contribution in [2.45, 2.75) is 6.92 Å². The Morgan fingerprint density at radius 2 is 2.18 bits per heavy atom. The number of imidazole rings is 1. The Morgan fingerprint density at radius 1 is 1.35 bits per heavy atom. The van der Waals surface area contributed by atoms with Gasteiger partial charge in [-0.2, -0.15) is 4.68 Å². The van der Waals surface area contributed by atoms with Gasteiger partial charge < -0.3 is 4.42 Å². The molecule has 0 unspecified atom stereocenters. The average molecular weight is 232 g/mol. The predicted octanol–water partition coefficient (Wildman–Crippen LogP) is -0.214. The maximum atomic E-state index is 11.7. The lowest BCUT2D eigenvalue weighted by Gasteiger charge is -1.95. The minimum Gasteiger partial charge on any atom is -0.440 e. The molecular weight excluding hydrogens is 224 g/mol. The Labute approximate surface area is 94.5 Å². The van der Waals surface area contributed by atoms with E-state index in [1.165, 1.54) is 17.8 Å². The summed E-state index contributed by atoms with van der Waals surface area (Å²) in [6.07, 6.45) is 2.95. The Morgan fingerprint density at radius 3 is 2.88 bits per heavy atom. The Hall–Kier alpha value is -2.51. The number of hydrogen-bond donors (Lipinski definition) is 0. The number of fused-ring (bicyclic) bond motifs is 1. The van der Waals surface area contributed by atoms with Gasteiger partial charge in [-0.25, -0.2) is 19.2 Å². The second kappa shape index (κ2) is 3.24. The molecule has 0 amide bonds. The molecule has 0 spiro atoms. The first-order valence-electron chi connectivity index (χ1n) is 4.86. The van der Waals surface area contributed by atoms with Crippen LogP contribution in [-0.4, -0.2) is 29.4 Å². The van der Waals surface area contributed by atoms with Crippen molar-refractivity contribution in [1.82, 2.24) is 29.4 Å². The highest BCUT2D eigenvalue weighted by Crippen LogP contribution is 2.19. The minimum absolute atomic E-state index is 0.322. The molecule has 0 aromatic carbocycles. The fourth-order valence-corrected chi connectivity index (χ4v) is 1.50. The maximum absolute atomic E-state index is 11.7. The number of nitrogens with zero attached hydrogens (tertiary/aromatic N) is 6. The first-order valence-corrected chi connectivity index (χ1v) is 4.86. The van der Waals surface area contributed by atoms with Crippen LogP contribution in [-0.2, 0) is 7.05 Å². The van der Waals surface area contributed by atoms with E-state index >= 15 is 0 Å². The molecule has 8 nitrogen and oxygen atoms in total. The van der Waals surface area contributed by atoms with Crippen LogP contribution in [0.2, 0.25) is 0 Å². The van der Waals surface area contributed by atoms with E-state index in [-0.39, 0.29) is 5.69 Å². The lowest BCUT2D eigenvalue weighted by Crippen LogP contribution is -2.26. The monoisotopic (exact) mass is 232 g/mol. The van der Waals surface area contributed by atoms with Crippen LogP contribution >= 0.6 is 0 Å². The van der Waals surface area contributed by atoms with Crippen molar-refractivity contribution in [3.05, 3.63) is 28.8 Å². The summed E-state index contributed by atoms with van der Waals surface area (Å²) in [5.41, 5.74) is 0.412. The van der Waals surface area contributed by atoms with Crippen molar-refractivity contribution in [2.24, 2.45) is 7.05 Å². The van der Waals surface area contributed by atoms with Crippen LogP contribution in [0.4, 0.5) is 0 Å². The van der Waals surface area contributed by atoms with E-state index in [4.69, 9.17) is 4.42 Å². The van der Waals surface area contributed by atoms with Gasteiger partial charge >= 0.3 is 5.69 Å². The molecule has 0 fully saturated rings. The molecule has 0 aliphatic rings. The quantitative estimate of drug-likeness (QED) is 0.576. The van der Waals surface area contributed by atoms with E-state index in [9.17, 15) is 4.79 Å².